The van der Waals surface area contributed by atoms with Gasteiger partial charge in [0.2, 0.25) is 5.78 Å². The number of carbonyl (C=O) groups is 2. The van der Waals surface area contributed by atoms with Gasteiger partial charge in [0.1, 0.15) is 30.3 Å². The van der Waals surface area contributed by atoms with E-state index < -0.39 is 37.6 Å². The molecule has 0 aliphatic heterocycles. The van der Waals surface area contributed by atoms with Crippen molar-refractivity contribution in [1.82, 2.24) is 15.4 Å². The van der Waals surface area contributed by atoms with Gasteiger partial charge in [-0.15, -0.1) is 0 Å². The summed E-state index contributed by atoms with van der Waals surface area (Å²) < 4.78 is 26.2. The molecule has 0 fully saturated rings. The summed E-state index contributed by atoms with van der Waals surface area (Å²) in [6.07, 6.45) is 0.820. The molecule has 3 aromatic carbocycles. The summed E-state index contributed by atoms with van der Waals surface area (Å²) >= 11 is 0. The number of aliphatic hydroxyl groups is 1. The standard InChI is InChI=1S/C45H56N4O7Si/c1-44(2,3)57(9,10)56-45-32(38(49(7)8)40-36(42(45)52)43(47-55-40)54-26-28-19-15-12-16-20-28)22-29-21-31-35(39(50)34(29)41(45)51)33(53-25-27-17-13-11-14-18-27)23-30(24-46-4)37(31)48(5)6/h11-20,23,29,32,38,46,51H,21-22,24-26H2,1-10H3/t29-,32-,38-,45?/m0/s1. The summed E-state index contributed by atoms with van der Waals surface area (Å²) in [6.45, 7) is 11.4. The summed E-state index contributed by atoms with van der Waals surface area (Å²) in [6, 6.07) is 20.8. The summed E-state index contributed by atoms with van der Waals surface area (Å²) in [5.41, 5.74) is 3.46. The van der Waals surface area contributed by atoms with E-state index in [9.17, 15) is 5.11 Å². The second-order valence-electron chi connectivity index (χ2n) is 17.6. The maximum atomic E-state index is 15.6. The highest BCUT2D eigenvalue weighted by Gasteiger charge is 2.67. The van der Waals surface area contributed by atoms with Crippen molar-refractivity contribution < 1.29 is 33.1 Å². The first-order valence-electron chi connectivity index (χ1n) is 19.7. The van der Waals surface area contributed by atoms with Crippen LogP contribution in [0.2, 0.25) is 18.1 Å². The van der Waals surface area contributed by atoms with Gasteiger partial charge < -0.3 is 33.7 Å². The molecule has 4 aromatic rings. The molecule has 0 amide bonds. The Morgan fingerprint density at radius 1 is 0.947 bits per heavy atom. The molecule has 3 aliphatic rings. The normalized spacial score (nSPS) is 21.8. The molecule has 0 radical (unpaired) electrons. The predicted octanol–water partition coefficient (Wildman–Crippen LogP) is 8.06. The van der Waals surface area contributed by atoms with Gasteiger partial charge in [0, 0.05) is 37.8 Å². The minimum atomic E-state index is -2.87. The number of aliphatic hydroxyl groups excluding tert-OH is 1. The van der Waals surface area contributed by atoms with Crippen molar-refractivity contribution in [2.45, 2.75) is 83.1 Å². The molecule has 1 heterocycles. The third-order valence-corrected chi connectivity index (χ3v) is 16.8. The van der Waals surface area contributed by atoms with E-state index in [2.05, 4.69) is 44.3 Å². The molecule has 1 unspecified atom stereocenters. The van der Waals surface area contributed by atoms with Crippen LogP contribution in [0.25, 0.3) is 0 Å². The van der Waals surface area contributed by atoms with Gasteiger partial charge in [0.05, 0.1) is 11.6 Å². The number of rotatable bonds is 12. The van der Waals surface area contributed by atoms with E-state index in [4.69, 9.17) is 18.4 Å². The van der Waals surface area contributed by atoms with Crippen LogP contribution in [0.1, 0.15) is 82.0 Å². The second-order valence-corrected chi connectivity index (χ2v) is 22.3. The molecule has 11 nitrogen and oxygen atoms in total. The SMILES string of the molecule is CNCc1cc(OCc2ccccc2)c2c(c1N(C)C)C[C@H]1C[C@H]3[C@H](N(C)C)c4onc(OCc5ccccc5)c4C(=O)C3(O[Si](C)(C)C(C)(C)C)C(O)=C1C2=O. The summed E-state index contributed by atoms with van der Waals surface area (Å²) in [5.74, 6) is -1.41. The quantitative estimate of drug-likeness (QED) is 0.135. The number of benzene rings is 3. The Hall–Kier alpha value is -4.75. The van der Waals surface area contributed by atoms with Crippen LogP contribution in [0.15, 0.2) is 82.6 Å². The summed E-state index contributed by atoms with van der Waals surface area (Å²) in [7, 11) is 6.84. The average molecular weight is 793 g/mol. The molecule has 0 saturated carbocycles. The number of aromatic nitrogens is 1. The molecule has 4 atom stereocenters. The van der Waals surface area contributed by atoms with E-state index in [1.54, 1.807) is 0 Å². The highest BCUT2D eigenvalue weighted by Crippen LogP contribution is 2.60. The number of ketones is 2. The number of fused-ring (bicyclic) bond motifs is 4. The van der Waals surface area contributed by atoms with Crippen molar-refractivity contribution in [2.24, 2.45) is 11.8 Å². The summed E-state index contributed by atoms with van der Waals surface area (Å²) in [5, 5.41) is 20.4. The Balaban J connectivity index is 1.44. The van der Waals surface area contributed by atoms with Crippen molar-refractivity contribution >= 4 is 25.6 Å². The van der Waals surface area contributed by atoms with Crippen LogP contribution in [0, 0.1) is 11.8 Å². The fraction of sp³-hybridized carbons (Fsp3) is 0.444. The fourth-order valence-electron chi connectivity index (χ4n) is 8.80. The molecule has 302 valence electrons. The van der Waals surface area contributed by atoms with Gasteiger partial charge in [0.25, 0.3) is 5.88 Å². The van der Waals surface area contributed by atoms with Gasteiger partial charge >= 0.3 is 0 Å². The maximum Gasteiger partial charge on any atom is 0.265 e. The zero-order chi connectivity index (χ0) is 41.0. The lowest BCUT2D eigenvalue weighted by Gasteiger charge is -2.55. The number of hydrogen-bond acceptors (Lipinski definition) is 11. The van der Waals surface area contributed by atoms with E-state index in [1.807, 2.05) is 112 Å². The third-order valence-electron chi connectivity index (χ3n) is 12.4. The number of allylic oxidation sites excluding steroid dienone is 1. The topological polar surface area (TPSA) is 127 Å². The third kappa shape index (κ3) is 6.90. The molecule has 0 saturated heterocycles. The molecule has 0 bridgehead atoms. The van der Waals surface area contributed by atoms with E-state index in [0.717, 1.165) is 27.9 Å². The first-order valence-corrected chi connectivity index (χ1v) is 22.7. The predicted molar refractivity (Wildman–Crippen MR) is 223 cm³/mol. The Kier molecular flexibility index (Phi) is 10.8. The van der Waals surface area contributed by atoms with Crippen molar-refractivity contribution in [3.05, 3.63) is 117 Å². The van der Waals surface area contributed by atoms with Gasteiger partial charge in [-0.1, -0.05) is 81.4 Å². The van der Waals surface area contributed by atoms with Crippen molar-refractivity contribution in [3.8, 4) is 11.6 Å². The van der Waals surface area contributed by atoms with Crippen molar-refractivity contribution in [3.63, 3.8) is 0 Å². The zero-order valence-electron chi connectivity index (χ0n) is 34.9. The van der Waals surface area contributed by atoms with Crippen LogP contribution >= 0.6 is 0 Å². The van der Waals surface area contributed by atoms with Crippen LogP contribution in [0.5, 0.6) is 11.6 Å². The Morgan fingerprint density at radius 2 is 1.56 bits per heavy atom. The minimum absolute atomic E-state index is 0.0342. The van der Waals surface area contributed by atoms with Gasteiger partial charge in [-0.05, 0) is 91.5 Å². The second kappa shape index (κ2) is 15.2. The van der Waals surface area contributed by atoms with E-state index in [-0.39, 0.29) is 46.8 Å². The minimum Gasteiger partial charge on any atom is -0.508 e. The fourth-order valence-corrected chi connectivity index (χ4v) is 10.2. The molecule has 12 heteroatoms. The van der Waals surface area contributed by atoms with E-state index in [1.165, 1.54) is 0 Å². The van der Waals surface area contributed by atoms with Crippen LogP contribution in [-0.2, 0) is 30.6 Å². The van der Waals surface area contributed by atoms with Crippen LogP contribution in [-0.4, -0.2) is 75.9 Å². The molecular formula is C45H56N4O7Si. The number of Topliss-reactive ketones (excluding diaryl/α,β-unsaturated/α-hetero) is 2. The zero-order valence-corrected chi connectivity index (χ0v) is 35.9. The van der Waals surface area contributed by atoms with E-state index >= 15 is 9.59 Å². The molecule has 0 spiro atoms. The smallest absolute Gasteiger partial charge is 0.265 e. The van der Waals surface area contributed by atoms with Crippen molar-refractivity contribution in [1.29, 1.82) is 0 Å². The first-order chi connectivity index (χ1) is 27.0. The number of nitrogens with one attached hydrogen (secondary N) is 1. The van der Waals surface area contributed by atoms with Crippen LogP contribution in [0.3, 0.4) is 0 Å². The van der Waals surface area contributed by atoms with E-state index in [0.29, 0.717) is 36.5 Å². The average Bonchev–Trinajstić information content (AvgIpc) is 3.57. The van der Waals surface area contributed by atoms with Gasteiger partial charge in [-0.3, -0.25) is 14.5 Å². The Morgan fingerprint density at radius 3 is 2.12 bits per heavy atom. The molecule has 1 aromatic heterocycles. The highest BCUT2D eigenvalue weighted by atomic mass is 28.4. The number of carbonyl (C=O) groups excluding carboxylic acids is 2. The lowest BCUT2D eigenvalue weighted by Crippen LogP contribution is -2.65. The monoisotopic (exact) mass is 792 g/mol. The maximum absolute atomic E-state index is 15.6. The molecule has 57 heavy (non-hydrogen) atoms. The largest absolute Gasteiger partial charge is 0.508 e. The number of nitrogens with zero attached hydrogens (tertiary/aromatic N) is 3. The van der Waals surface area contributed by atoms with Crippen LogP contribution < -0.4 is 19.7 Å². The Bertz CT molecular complexity index is 2190. The van der Waals surface area contributed by atoms with Crippen LogP contribution in [0.4, 0.5) is 5.69 Å². The molecule has 2 N–H and O–H groups in total. The van der Waals surface area contributed by atoms with Gasteiger partial charge in [-0.2, -0.15) is 0 Å². The first kappa shape index (κ1) is 40.4. The molecule has 7 rings (SSSR count). The number of ether oxygens (including phenoxy) is 2. The molecule has 3 aliphatic carbocycles. The van der Waals surface area contributed by atoms with Gasteiger partial charge in [-0.25, -0.2) is 0 Å². The lowest BCUT2D eigenvalue weighted by molar-refractivity contribution is -0.0480. The Labute approximate surface area is 337 Å². The highest BCUT2D eigenvalue weighted by molar-refractivity contribution is 6.74. The number of anilines is 1. The lowest BCUT2D eigenvalue weighted by atomic mass is 9.58. The summed E-state index contributed by atoms with van der Waals surface area (Å²) in [4.78, 5) is 35.1. The number of hydrogen-bond donors (Lipinski definition) is 2. The van der Waals surface area contributed by atoms with Crippen molar-refractivity contribution in [2.75, 3.05) is 40.1 Å². The van der Waals surface area contributed by atoms with Gasteiger partial charge in [0.15, 0.2) is 25.5 Å². The molecular weight excluding hydrogens is 737 g/mol.